The number of carbonyl (C=O) groups is 2. The second-order valence-corrected chi connectivity index (χ2v) is 9.73. The number of amides is 2. The summed E-state index contributed by atoms with van der Waals surface area (Å²) >= 11 is 0. The molecule has 0 unspecified atom stereocenters. The van der Waals surface area contributed by atoms with Crippen LogP contribution in [0.15, 0.2) is 65.2 Å². The minimum Gasteiger partial charge on any atom is -0.495 e. The zero-order valence-electron chi connectivity index (χ0n) is 18.7. The summed E-state index contributed by atoms with van der Waals surface area (Å²) in [5.41, 5.74) is 1.48. The number of nitrogens with zero attached hydrogens (tertiary/aromatic N) is 3. The molecule has 180 valence electrons. The van der Waals surface area contributed by atoms with Crippen LogP contribution in [0.3, 0.4) is 0 Å². The molecule has 0 saturated carbocycles. The zero-order valence-corrected chi connectivity index (χ0v) is 19.5. The van der Waals surface area contributed by atoms with Crippen LogP contribution in [0, 0.1) is 0 Å². The van der Waals surface area contributed by atoms with Crippen molar-refractivity contribution in [3.05, 3.63) is 60.3 Å². The maximum atomic E-state index is 13.1. The summed E-state index contributed by atoms with van der Waals surface area (Å²) in [6.45, 7) is 1.34. The maximum absolute atomic E-state index is 13.1. The van der Waals surface area contributed by atoms with E-state index in [-0.39, 0.29) is 23.7 Å². The van der Waals surface area contributed by atoms with Crippen LogP contribution in [0.1, 0.15) is 0 Å². The van der Waals surface area contributed by atoms with Crippen LogP contribution in [0.25, 0.3) is 0 Å². The average Bonchev–Trinajstić information content (AvgIpc) is 3.12. The first-order valence-electron chi connectivity index (χ1n) is 10.8. The van der Waals surface area contributed by atoms with Gasteiger partial charge in [0.15, 0.2) is 0 Å². The Hall–Kier alpha value is -3.41. The van der Waals surface area contributed by atoms with Crippen molar-refractivity contribution in [3.63, 3.8) is 0 Å². The van der Waals surface area contributed by atoms with Crippen LogP contribution in [0.5, 0.6) is 5.75 Å². The van der Waals surface area contributed by atoms with E-state index in [4.69, 9.17) is 9.84 Å². The van der Waals surface area contributed by atoms with Crippen LogP contribution >= 0.6 is 0 Å². The topological polar surface area (TPSA) is 119 Å². The highest BCUT2D eigenvalue weighted by Crippen LogP contribution is 2.29. The summed E-state index contributed by atoms with van der Waals surface area (Å²) in [6.07, 6.45) is 1.16. The third-order valence-corrected chi connectivity index (χ3v) is 7.68. The van der Waals surface area contributed by atoms with Gasteiger partial charge in [-0.15, -0.1) is 0 Å². The highest BCUT2D eigenvalue weighted by molar-refractivity contribution is 7.89. The van der Waals surface area contributed by atoms with Crippen molar-refractivity contribution < 1.29 is 27.9 Å². The molecule has 0 aliphatic carbocycles. The molecule has 1 fully saturated rings. The molecule has 0 atom stereocenters. The summed E-state index contributed by atoms with van der Waals surface area (Å²) in [6, 6.07) is 13.7. The van der Waals surface area contributed by atoms with E-state index in [0.29, 0.717) is 31.9 Å². The van der Waals surface area contributed by atoms with E-state index in [1.807, 2.05) is 24.3 Å². The molecule has 2 heterocycles. The van der Waals surface area contributed by atoms with Crippen LogP contribution < -0.4 is 15.0 Å². The number of nitrogens with one attached hydrogen (secondary N) is 1. The van der Waals surface area contributed by atoms with Gasteiger partial charge in [0.05, 0.1) is 30.8 Å². The molecule has 0 spiro atoms. The van der Waals surface area contributed by atoms with Crippen molar-refractivity contribution in [3.8, 4) is 5.75 Å². The number of aliphatic hydroxyl groups is 1. The van der Waals surface area contributed by atoms with Gasteiger partial charge in [0.2, 0.25) is 10.0 Å². The predicted octanol–water partition coefficient (Wildman–Crippen LogP) is 0.863. The Morgan fingerprint density at radius 1 is 1.00 bits per heavy atom. The fourth-order valence-corrected chi connectivity index (χ4v) is 5.41. The first-order valence-corrected chi connectivity index (χ1v) is 12.2. The van der Waals surface area contributed by atoms with Crippen molar-refractivity contribution in [1.82, 2.24) is 9.21 Å². The number of benzene rings is 2. The lowest BCUT2D eigenvalue weighted by Crippen LogP contribution is -2.48. The summed E-state index contributed by atoms with van der Waals surface area (Å²) in [4.78, 5) is 27.3. The third-order valence-electron chi connectivity index (χ3n) is 5.77. The third kappa shape index (κ3) is 4.63. The number of para-hydroxylation sites is 2. The predicted molar refractivity (Wildman–Crippen MR) is 126 cm³/mol. The number of anilines is 2. The average molecular weight is 487 g/mol. The molecule has 0 bridgehead atoms. The van der Waals surface area contributed by atoms with E-state index in [1.165, 1.54) is 16.4 Å². The van der Waals surface area contributed by atoms with Crippen molar-refractivity contribution in [2.45, 2.75) is 4.90 Å². The van der Waals surface area contributed by atoms with Gasteiger partial charge < -0.3 is 20.1 Å². The molecular weight excluding hydrogens is 460 g/mol. The lowest BCUT2D eigenvalue weighted by atomic mass is 10.2. The summed E-state index contributed by atoms with van der Waals surface area (Å²) in [5, 5.41) is 11.8. The Balaban J connectivity index is 1.40. The van der Waals surface area contributed by atoms with Gasteiger partial charge in [0, 0.05) is 37.9 Å². The van der Waals surface area contributed by atoms with Gasteiger partial charge in [-0.3, -0.25) is 14.5 Å². The molecule has 2 aliphatic rings. The van der Waals surface area contributed by atoms with E-state index in [9.17, 15) is 18.0 Å². The van der Waals surface area contributed by atoms with Gasteiger partial charge in [0.1, 0.15) is 11.4 Å². The quantitative estimate of drug-likeness (QED) is 0.528. The number of imide groups is 1. The van der Waals surface area contributed by atoms with Crippen LogP contribution in [-0.2, 0) is 19.6 Å². The van der Waals surface area contributed by atoms with E-state index < -0.39 is 21.8 Å². The molecule has 1 saturated heterocycles. The number of sulfonamides is 1. The number of hydrogen-bond acceptors (Lipinski definition) is 8. The normalized spacial score (nSPS) is 17.2. The molecule has 4 rings (SSSR count). The minimum absolute atomic E-state index is 0.0709. The number of methoxy groups -OCH3 is 1. The monoisotopic (exact) mass is 486 g/mol. The molecular formula is C23H26N4O6S. The summed E-state index contributed by atoms with van der Waals surface area (Å²) < 4.78 is 33.2. The smallest absolute Gasteiger partial charge is 0.277 e. The fourth-order valence-electron chi connectivity index (χ4n) is 3.99. The van der Waals surface area contributed by atoms with Crippen molar-refractivity contribution in [2.75, 3.05) is 56.7 Å². The van der Waals surface area contributed by atoms with Gasteiger partial charge in [0.25, 0.3) is 11.8 Å². The molecule has 2 aromatic rings. The van der Waals surface area contributed by atoms with Crippen LogP contribution in [0.2, 0.25) is 0 Å². The van der Waals surface area contributed by atoms with E-state index in [1.54, 1.807) is 19.2 Å². The van der Waals surface area contributed by atoms with Gasteiger partial charge >= 0.3 is 0 Å². The largest absolute Gasteiger partial charge is 0.495 e. The summed E-state index contributed by atoms with van der Waals surface area (Å²) in [5.74, 6) is -0.296. The molecule has 11 heteroatoms. The molecule has 10 nitrogen and oxygen atoms in total. The van der Waals surface area contributed by atoms with Gasteiger partial charge in [-0.1, -0.05) is 12.1 Å². The van der Waals surface area contributed by atoms with Gasteiger partial charge in [-0.05, 0) is 36.4 Å². The van der Waals surface area contributed by atoms with Crippen molar-refractivity contribution in [2.24, 2.45) is 0 Å². The minimum atomic E-state index is -3.69. The van der Waals surface area contributed by atoms with Gasteiger partial charge in [-0.2, -0.15) is 4.31 Å². The molecule has 2 amide bonds. The standard InChI is InChI=1S/C23H26N4O6S/c1-33-21-5-3-2-4-20(21)25-10-12-26(13-11-25)34(31,32)18-8-6-17(7-9-18)24-19-16-22(29)27(14-15-28)23(19)30/h2-9,16,24,28H,10-15H2,1H3. The Morgan fingerprint density at radius 3 is 2.32 bits per heavy atom. The highest BCUT2D eigenvalue weighted by atomic mass is 32.2. The van der Waals surface area contributed by atoms with E-state index in [0.717, 1.165) is 22.4 Å². The van der Waals surface area contributed by atoms with E-state index >= 15 is 0 Å². The first-order chi connectivity index (χ1) is 16.3. The summed E-state index contributed by atoms with van der Waals surface area (Å²) in [7, 11) is -2.08. The Bertz CT molecular complexity index is 1200. The second kappa shape index (κ2) is 9.84. The van der Waals surface area contributed by atoms with Gasteiger partial charge in [-0.25, -0.2) is 8.42 Å². The zero-order chi connectivity index (χ0) is 24.3. The second-order valence-electron chi connectivity index (χ2n) is 7.79. The Labute approximate surface area is 198 Å². The lowest BCUT2D eigenvalue weighted by molar-refractivity contribution is -0.137. The first kappa shape index (κ1) is 23.7. The number of carbonyl (C=O) groups excluding carboxylic acids is 2. The highest BCUT2D eigenvalue weighted by Gasteiger charge is 2.31. The molecule has 2 aromatic carbocycles. The fraction of sp³-hybridized carbons (Fsp3) is 0.304. The van der Waals surface area contributed by atoms with Crippen LogP contribution in [0.4, 0.5) is 11.4 Å². The molecule has 2 aliphatic heterocycles. The number of hydrogen-bond donors (Lipinski definition) is 2. The van der Waals surface area contributed by atoms with E-state index in [2.05, 4.69) is 10.2 Å². The number of rotatable bonds is 8. The Kier molecular flexibility index (Phi) is 6.87. The molecule has 0 radical (unpaired) electrons. The molecule has 2 N–H and O–H groups in total. The maximum Gasteiger partial charge on any atom is 0.277 e. The Morgan fingerprint density at radius 2 is 1.68 bits per heavy atom. The molecule has 34 heavy (non-hydrogen) atoms. The number of aliphatic hydroxyl groups excluding tert-OH is 1. The van der Waals surface area contributed by atoms with Crippen molar-refractivity contribution in [1.29, 1.82) is 0 Å². The SMILES string of the molecule is COc1ccccc1N1CCN(S(=O)(=O)c2ccc(NC3=CC(=O)N(CCO)C3=O)cc2)CC1. The lowest BCUT2D eigenvalue weighted by Gasteiger charge is -2.35. The van der Waals surface area contributed by atoms with Crippen LogP contribution in [-0.4, -0.2) is 81.0 Å². The number of piperazine rings is 1. The molecule has 0 aromatic heterocycles. The van der Waals surface area contributed by atoms with Crippen molar-refractivity contribution >= 4 is 33.2 Å². The number of β-amino-alcohol motifs (C(OH)–C–C–N with tert-alkyl or cyclic N) is 1. The number of ether oxygens (including phenoxy) is 1.